The first-order valence-corrected chi connectivity index (χ1v) is 4.92. The predicted octanol–water partition coefficient (Wildman–Crippen LogP) is 1.25. The second kappa shape index (κ2) is 6.51. The molecule has 1 N–H and O–H groups in total. The van der Waals surface area contributed by atoms with Crippen molar-refractivity contribution in [1.82, 2.24) is 10.3 Å². The lowest BCUT2D eigenvalue weighted by molar-refractivity contribution is 0.184. The molecule has 0 fully saturated rings. The summed E-state index contributed by atoms with van der Waals surface area (Å²) in [6.07, 6.45) is 5.75. The Bertz CT molecular complexity index is 238. The summed E-state index contributed by atoms with van der Waals surface area (Å²) in [7, 11) is 3.72. The quantitative estimate of drug-likeness (QED) is 0.740. The van der Waals surface area contributed by atoms with Crippen LogP contribution in [-0.4, -0.2) is 31.8 Å². The standard InChI is InChI=1S/C11H18N2O/c1-12-11(5-7-14-2)8-10-4-3-6-13-9-10/h3-4,6,9,11-12H,5,7-8H2,1-2H3. The Morgan fingerprint density at radius 2 is 2.43 bits per heavy atom. The normalized spacial score (nSPS) is 12.7. The van der Waals surface area contributed by atoms with Crippen LogP contribution >= 0.6 is 0 Å². The fourth-order valence-corrected chi connectivity index (χ4v) is 1.41. The SMILES string of the molecule is CNC(CCOC)Cc1cccnc1. The van der Waals surface area contributed by atoms with Gasteiger partial charge in [0.2, 0.25) is 0 Å². The number of hydrogen-bond acceptors (Lipinski definition) is 3. The molecule has 3 nitrogen and oxygen atoms in total. The minimum Gasteiger partial charge on any atom is -0.385 e. The van der Waals surface area contributed by atoms with Crippen molar-refractivity contribution in [3.63, 3.8) is 0 Å². The van der Waals surface area contributed by atoms with E-state index in [2.05, 4.69) is 16.4 Å². The molecule has 1 rings (SSSR count). The predicted molar refractivity (Wildman–Crippen MR) is 57.3 cm³/mol. The fourth-order valence-electron chi connectivity index (χ4n) is 1.41. The molecule has 1 aromatic heterocycles. The number of rotatable bonds is 6. The van der Waals surface area contributed by atoms with Gasteiger partial charge in [-0.05, 0) is 31.5 Å². The minimum absolute atomic E-state index is 0.471. The Labute approximate surface area is 85.5 Å². The van der Waals surface area contributed by atoms with E-state index >= 15 is 0 Å². The van der Waals surface area contributed by atoms with Crippen LogP contribution in [0.1, 0.15) is 12.0 Å². The van der Waals surface area contributed by atoms with Crippen molar-refractivity contribution in [3.05, 3.63) is 30.1 Å². The zero-order valence-corrected chi connectivity index (χ0v) is 8.86. The average Bonchev–Trinajstić information content (AvgIpc) is 2.25. The van der Waals surface area contributed by atoms with Gasteiger partial charge >= 0.3 is 0 Å². The number of methoxy groups -OCH3 is 1. The topological polar surface area (TPSA) is 34.1 Å². The number of hydrogen-bond donors (Lipinski definition) is 1. The number of ether oxygens (including phenoxy) is 1. The molecule has 0 amide bonds. The summed E-state index contributed by atoms with van der Waals surface area (Å²) in [5.41, 5.74) is 1.27. The van der Waals surface area contributed by atoms with Crippen molar-refractivity contribution < 1.29 is 4.74 Å². The largest absolute Gasteiger partial charge is 0.385 e. The van der Waals surface area contributed by atoms with Crippen LogP contribution in [0.15, 0.2) is 24.5 Å². The molecule has 0 saturated heterocycles. The monoisotopic (exact) mass is 194 g/mol. The van der Waals surface area contributed by atoms with E-state index < -0.39 is 0 Å². The second-order valence-corrected chi connectivity index (χ2v) is 3.33. The molecule has 3 heteroatoms. The van der Waals surface area contributed by atoms with Crippen LogP contribution in [0, 0.1) is 0 Å². The fraction of sp³-hybridized carbons (Fsp3) is 0.545. The van der Waals surface area contributed by atoms with Crippen LogP contribution < -0.4 is 5.32 Å². The van der Waals surface area contributed by atoms with Gasteiger partial charge in [-0.25, -0.2) is 0 Å². The van der Waals surface area contributed by atoms with Gasteiger partial charge in [0.25, 0.3) is 0 Å². The maximum atomic E-state index is 5.06. The molecule has 1 heterocycles. The summed E-state index contributed by atoms with van der Waals surface area (Å²) < 4.78 is 5.06. The van der Waals surface area contributed by atoms with E-state index in [1.54, 1.807) is 13.3 Å². The first-order chi connectivity index (χ1) is 6.86. The van der Waals surface area contributed by atoms with Crippen LogP contribution in [0.3, 0.4) is 0 Å². The number of likely N-dealkylation sites (N-methyl/N-ethyl adjacent to an activating group) is 1. The molecule has 0 saturated carbocycles. The van der Waals surface area contributed by atoms with Crippen LogP contribution in [0.25, 0.3) is 0 Å². The lowest BCUT2D eigenvalue weighted by atomic mass is 10.1. The van der Waals surface area contributed by atoms with Crippen molar-refractivity contribution in [3.8, 4) is 0 Å². The van der Waals surface area contributed by atoms with Crippen LogP contribution in [0.2, 0.25) is 0 Å². The lowest BCUT2D eigenvalue weighted by Crippen LogP contribution is -2.28. The zero-order chi connectivity index (χ0) is 10.2. The van der Waals surface area contributed by atoms with Gasteiger partial charge in [-0.15, -0.1) is 0 Å². The first-order valence-electron chi connectivity index (χ1n) is 4.92. The first kappa shape index (κ1) is 11.1. The molecule has 0 spiro atoms. The third-order valence-electron chi connectivity index (χ3n) is 2.28. The molecule has 1 unspecified atom stereocenters. The Kier molecular flexibility index (Phi) is 5.19. The maximum absolute atomic E-state index is 5.06. The molecule has 0 radical (unpaired) electrons. The highest BCUT2D eigenvalue weighted by Gasteiger charge is 2.06. The van der Waals surface area contributed by atoms with E-state index in [9.17, 15) is 0 Å². The highest BCUT2D eigenvalue weighted by Crippen LogP contribution is 2.03. The molecule has 0 aliphatic carbocycles. The third-order valence-corrected chi connectivity index (χ3v) is 2.28. The maximum Gasteiger partial charge on any atom is 0.0477 e. The lowest BCUT2D eigenvalue weighted by Gasteiger charge is -2.15. The number of nitrogens with one attached hydrogen (secondary N) is 1. The number of nitrogens with zero attached hydrogens (tertiary/aromatic N) is 1. The van der Waals surface area contributed by atoms with E-state index in [-0.39, 0.29) is 0 Å². The molecular formula is C11H18N2O. The third kappa shape index (κ3) is 3.85. The highest BCUT2D eigenvalue weighted by atomic mass is 16.5. The van der Waals surface area contributed by atoms with Crippen molar-refractivity contribution in [2.75, 3.05) is 20.8 Å². The van der Waals surface area contributed by atoms with Crippen molar-refractivity contribution >= 4 is 0 Å². The van der Waals surface area contributed by atoms with E-state index in [4.69, 9.17) is 4.74 Å². The van der Waals surface area contributed by atoms with Gasteiger partial charge in [0, 0.05) is 32.2 Å². The van der Waals surface area contributed by atoms with E-state index in [1.165, 1.54) is 5.56 Å². The molecule has 0 aliphatic rings. The summed E-state index contributed by atoms with van der Waals surface area (Å²) in [6.45, 7) is 0.797. The summed E-state index contributed by atoms with van der Waals surface area (Å²) >= 11 is 0. The number of pyridine rings is 1. The molecule has 1 atom stereocenters. The van der Waals surface area contributed by atoms with Crippen molar-refractivity contribution in [1.29, 1.82) is 0 Å². The van der Waals surface area contributed by atoms with Crippen molar-refractivity contribution in [2.45, 2.75) is 18.9 Å². The van der Waals surface area contributed by atoms with E-state index in [0.29, 0.717) is 6.04 Å². The number of aromatic nitrogens is 1. The summed E-state index contributed by atoms with van der Waals surface area (Å²) in [5, 5.41) is 3.28. The second-order valence-electron chi connectivity index (χ2n) is 3.33. The summed E-state index contributed by atoms with van der Waals surface area (Å²) in [4.78, 5) is 4.09. The van der Waals surface area contributed by atoms with Gasteiger partial charge in [0.1, 0.15) is 0 Å². The zero-order valence-electron chi connectivity index (χ0n) is 8.86. The highest BCUT2D eigenvalue weighted by molar-refractivity contribution is 5.10. The molecular weight excluding hydrogens is 176 g/mol. The van der Waals surface area contributed by atoms with E-state index in [1.807, 2.05) is 19.3 Å². The Hall–Kier alpha value is -0.930. The molecule has 14 heavy (non-hydrogen) atoms. The smallest absolute Gasteiger partial charge is 0.0477 e. The van der Waals surface area contributed by atoms with E-state index in [0.717, 1.165) is 19.4 Å². The van der Waals surface area contributed by atoms with Gasteiger partial charge in [0.15, 0.2) is 0 Å². The Morgan fingerprint density at radius 1 is 1.57 bits per heavy atom. The molecule has 0 aromatic carbocycles. The molecule has 1 aromatic rings. The van der Waals surface area contributed by atoms with Crippen molar-refractivity contribution in [2.24, 2.45) is 0 Å². The molecule has 0 aliphatic heterocycles. The molecule has 0 bridgehead atoms. The van der Waals surface area contributed by atoms with Crippen LogP contribution in [0.5, 0.6) is 0 Å². The van der Waals surface area contributed by atoms with Gasteiger partial charge in [-0.3, -0.25) is 4.98 Å². The minimum atomic E-state index is 0.471. The van der Waals surface area contributed by atoms with Gasteiger partial charge in [0.05, 0.1) is 0 Å². The van der Waals surface area contributed by atoms with Gasteiger partial charge in [-0.2, -0.15) is 0 Å². The Balaban J connectivity index is 2.40. The van der Waals surface area contributed by atoms with Gasteiger partial charge in [-0.1, -0.05) is 6.07 Å². The Morgan fingerprint density at radius 3 is 3.00 bits per heavy atom. The summed E-state index contributed by atoms with van der Waals surface area (Å²) in [6, 6.07) is 4.54. The average molecular weight is 194 g/mol. The molecule has 78 valence electrons. The van der Waals surface area contributed by atoms with Crippen LogP contribution in [0.4, 0.5) is 0 Å². The summed E-state index contributed by atoms with van der Waals surface area (Å²) in [5.74, 6) is 0. The van der Waals surface area contributed by atoms with Gasteiger partial charge < -0.3 is 10.1 Å². The van der Waals surface area contributed by atoms with Crippen LogP contribution in [-0.2, 0) is 11.2 Å².